The summed E-state index contributed by atoms with van der Waals surface area (Å²) in [5.74, 6) is -1.68. The van der Waals surface area contributed by atoms with Gasteiger partial charge in [0, 0.05) is 24.5 Å². The Kier molecular flexibility index (Phi) is 6.67. The Balaban J connectivity index is 1.67. The van der Waals surface area contributed by atoms with Crippen molar-refractivity contribution >= 4 is 28.3 Å². The highest BCUT2D eigenvalue weighted by Gasteiger charge is 2.24. The summed E-state index contributed by atoms with van der Waals surface area (Å²) >= 11 is 0. The van der Waals surface area contributed by atoms with Crippen molar-refractivity contribution in [2.75, 3.05) is 11.1 Å². The average Bonchev–Trinajstić information content (AvgIpc) is 3.26. The molecular formula is C29H21F2N7O2. The Morgan fingerprint density at radius 3 is 2.50 bits per heavy atom. The minimum atomic E-state index is -0.725. The third-order valence-electron chi connectivity index (χ3n) is 6.29. The van der Waals surface area contributed by atoms with Gasteiger partial charge in [0.1, 0.15) is 11.9 Å². The Bertz CT molecular complexity index is 1860. The molecule has 9 nitrogen and oxygen atoms in total. The number of ether oxygens (including phenoxy) is 1. The molecule has 40 heavy (non-hydrogen) atoms. The van der Waals surface area contributed by atoms with E-state index >= 15 is 4.39 Å². The fourth-order valence-electron chi connectivity index (χ4n) is 4.43. The Morgan fingerprint density at radius 2 is 1.85 bits per heavy atom. The van der Waals surface area contributed by atoms with Crippen LogP contribution in [0.3, 0.4) is 0 Å². The van der Waals surface area contributed by atoms with Gasteiger partial charge in [-0.15, -0.1) is 0 Å². The van der Waals surface area contributed by atoms with Gasteiger partial charge in [-0.25, -0.2) is 18.7 Å². The monoisotopic (exact) mass is 537 g/mol. The number of anilines is 2. The van der Waals surface area contributed by atoms with E-state index in [1.54, 1.807) is 41.9 Å². The fourth-order valence-corrected chi connectivity index (χ4v) is 4.43. The Morgan fingerprint density at radius 1 is 1.12 bits per heavy atom. The van der Waals surface area contributed by atoms with Crippen molar-refractivity contribution in [2.24, 2.45) is 7.05 Å². The van der Waals surface area contributed by atoms with Crippen LogP contribution in [-0.4, -0.2) is 25.4 Å². The van der Waals surface area contributed by atoms with E-state index in [1.807, 2.05) is 0 Å². The number of fused-ring (bicyclic) bond motifs is 1. The van der Waals surface area contributed by atoms with E-state index in [4.69, 9.17) is 10.5 Å². The zero-order chi connectivity index (χ0) is 28.6. The molecule has 0 saturated carbocycles. The van der Waals surface area contributed by atoms with Crippen molar-refractivity contribution in [3.63, 3.8) is 0 Å². The van der Waals surface area contributed by atoms with Crippen LogP contribution in [0.5, 0.6) is 11.8 Å². The van der Waals surface area contributed by atoms with Gasteiger partial charge >= 0.3 is 6.01 Å². The van der Waals surface area contributed by atoms with E-state index < -0.39 is 11.6 Å². The van der Waals surface area contributed by atoms with Crippen molar-refractivity contribution in [1.29, 1.82) is 5.26 Å². The molecule has 0 saturated heterocycles. The van der Waals surface area contributed by atoms with Crippen LogP contribution < -0.4 is 15.8 Å². The molecule has 0 aliphatic rings. The van der Waals surface area contributed by atoms with Gasteiger partial charge < -0.3 is 20.4 Å². The maximum Gasteiger partial charge on any atom is 0.322 e. The zero-order valence-electron chi connectivity index (χ0n) is 21.4. The van der Waals surface area contributed by atoms with Crippen LogP contribution in [0, 0.1) is 29.9 Å². The van der Waals surface area contributed by atoms with E-state index in [2.05, 4.69) is 32.9 Å². The quantitative estimate of drug-likeness (QED) is 0.267. The fraction of sp³-hybridized carbons (Fsp3) is 0.0690. The van der Waals surface area contributed by atoms with E-state index in [0.717, 1.165) is 6.20 Å². The molecule has 0 aliphatic heterocycles. The van der Waals surface area contributed by atoms with E-state index in [9.17, 15) is 14.4 Å². The number of hydrogen-bond donors (Lipinski definition) is 2. The molecule has 0 unspecified atom stereocenters. The summed E-state index contributed by atoms with van der Waals surface area (Å²) in [7, 11) is 1.77. The molecule has 2 aromatic carbocycles. The lowest BCUT2D eigenvalue weighted by Crippen LogP contribution is -2.06. The van der Waals surface area contributed by atoms with Crippen molar-refractivity contribution < 1.29 is 18.3 Å². The van der Waals surface area contributed by atoms with Crippen molar-refractivity contribution in [3.05, 3.63) is 90.4 Å². The molecule has 3 heterocycles. The molecule has 0 bridgehead atoms. The van der Waals surface area contributed by atoms with Gasteiger partial charge in [0.15, 0.2) is 17.4 Å². The Hall–Kier alpha value is -5.63. The van der Waals surface area contributed by atoms with Crippen LogP contribution in [0.15, 0.2) is 67.5 Å². The lowest BCUT2D eigenvalue weighted by molar-refractivity contribution is -0.111. The third kappa shape index (κ3) is 4.58. The second-order valence-electron chi connectivity index (χ2n) is 8.78. The molecule has 3 aromatic heterocycles. The predicted octanol–water partition coefficient (Wildman–Crippen LogP) is 5.65. The first kappa shape index (κ1) is 26.0. The van der Waals surface area contributed by atoms with Crippen molar-refractivity contribution in [1.82, 2.24) is 19.5 Å². The van der Waals surface area contributed by atoms with Crippen molar-refractivity contribution in [3.8, 4) is 40.2 Å². The topological polar surface area (TPSA) is 132 Å². The molecule has 11 heteroatoms. The van der Waals surface area contributed by atoms with Gasteiger partial charge in [-0.2, -0.15) is 10.2 Å². The summed E-state index contributed by atoms with van der Waals surface area (Å²) in [4.78, 5) is 23.5. The maximum absolute atomic E-state index is 15.4. The van der Waals surface area contributed by atoms with Gasteiger partial charge in [-0.3, -0.25) is 4.79 Å². The summed E-state index contributed by atoms with van der Waals surface area (Å²) in [5.41, 5.74) is 10.1. The summed E-state index contributed by atoms with van der Waals surface area (Å²) in [5, 5.41) is 13.0. The molecule has 0 aliphatic carbocycles. The normalized spacial score (nSPS) is 10.8. The minimum Gasteiger partial charge on any atom is -0.421 e. The number of pyridine rings is 1. The van der Waals surface area contributed by atoms with Gasteiger partial charge in [-0.1, -0.05) is 24.8 Å². The van der Waals surface area contributed by atoms with Gasteiger partial charge in [0.25, 0.3) is 0 Å². The summed E-state index contributed by atoms with van der Waals surface area (Å²) in [6.45, 7) is 4.89. The molecule has 0 atom stereocenters. The molecule has 5 aromatic rings. The number of benzene rings is 2. The molecule has 0 fully saturated rings. The number of nitrogen functional groups attached to an aromatic ring is 1. The van der Waals surface area contributed by atoms with E-state index in [-0.39, 0.29) is 29.2 Å². The van der Waals surface area contributed by atoms with Crippen LogP contribution in [-0.2, 0) is 11.8 Å². The molecule has 5 rings (SSSR count). The molecular weight excluding hydrogens is 516 g/mol. The van der Waals surface area contributed by atoms with E-state index in [0.29, 0.717) is 44.5 Å². The zero-order valence-corrected chi connectivity index (χ0v) is 21.4. The van der Waals surface area contributed by atoms with Crippen LogP contribution in [0.1, 0.15) is 11.3 Å². The minimum absolute atomic E-state index is 0.0637. The van der Waals surface area contributed by atoms with Crippen molar-refractivity contribution in [2.45, 2.75) is 6.92 Å². The Labute approximate surface area is 227 Å². The number of hydrogen-bond acceptors (Lipinski definition) is 7. The standard InChI is InChI=1S/C29H21F2N7O2/c1-4-23(39)37-19-8-5-16(6-9-19)26-24(25-27(38(26)3)18(12-32)13-34-28(25)33)17-7-10-22(20(30)11-17)40-29-35-14-21(31)15(2)36-29/h4-11,13-14H,1H2,2-3H3,(H2,33,34)(H,37,39). The lowest BCUT2D eigenvalue weighted by atomic mass is 9.97. The number of aromatic nitrogens is 4. The number of nitrogens with two attached hydrogens (primary N) is 1. The molecule has 0 spiro atoms. The number of carbonyl (C=O) groups is 1. The summed E-state index contributed by atoms with van der Waals surface area (Å²) in [6.07, 6.45) is 3.50. The van der Waals surface area contributed by atoms with Crippen LogP contribution in [0.25, 0.3) is 33.3 Å². The van der Waals surface area contributed by atoms with Crippen LogP contribution in [0.4, 0.5) is 20.3 Å². The third-order valence-corrected chi connectivity index (χ3v) is 6.29. The first-order valence-electron chi connectivity index (χ1n) is 11.9. The molecule has 0 radical (unpaired) electrons. The van der Waals surface area contributed by atoms with E-state index in [1.165, 1.54) is 31.3 Å². The molecule has 1 amide bonds. The lowest BCUT2D eigenvalue weighted by Gasteiger charge is -2.12. The first-order valence-corrected chi connectivity index (χ1v) is 11.9. The SMILES string of the molecule is C=CC(=O)Nc1ccc(-c2c(-c3ccc(Oc4ncc(F)c(C)n4)c(F)c3)c3c(N)ncc(C#N)c3n2C)cc1. The van der Waals surface area contributed by atoms with Gasteiger partial charge in [0.05, 0.1) is 34.1 Å². The molecule has 198 valence electrons. The number of aryl methyl sites for hydroxylation is 2. The van der Waals surface area contributed by atoms with Crippen LogP contribution in [0.2, 0.25) is 0 Å². The summed E-state index contributed by atoms with van der Waals surface area (Å²) in [6, 6.07) is 13.2. The number of nitriles is 1. The van der Waals surface area contributed by atoms with Gasteiger partial charge in [0.2, 0.25) is 5.91 Å². The average molecular weight is 538 g/mol. The number of carbonyl (C=O) groups excluding carboxylic acids is 1. The largest absolute Gasteiger partial charge is 0.421 e. The highest BCUT2D eigenvalue weighted by molar-refractivity contribution is 6.10. The highest BCUT2D eigenvalue weighted by Crippen LogP contribution is 2.44. The van der Waals surface area contributed by atoms with Crippen LogP contribution >= 0.6 is 0 Å². The van der Waals surface area contributed by atoms with Gasteiger partial charge in [-0.05, 0) is 48.4 Å². The number of rotatable bonds is 6. The second kappa shape index (κ2) is 10.3. The second-order valence-corrected chi connectivity index (χ2v) is 8.78. The number of nitrogens with one attached hydrogen (secondary N) is 1. The first-order chi connectivity index (χ1) is 19.2. The molecule has 3 N–H and O–H groups in total. The number of amides is 1. The smallest absolute Gasteiger partial charge is 0.322 e. The predicted molar refractivity (Wildman–Crippen MR) is 146 cm³/mol. The summed E-state index contributed by atoms with van der Waals surface area (Å²) < 4.78 is 36.2. The number of halogens is 2. The number of nitrogens with zero attached hydrogens (tertiary/aromatic N) is 5. The maximum atomic E-state index is 15.4. The highest BCUT2D eigenvalue weighted by atomic mass is 19.1.